The van der Waals surface area contributed by atoms with Gasteiger partial charge in [0.25, 0.3) is 0 Å². The van der Waals surface area contributed by atoms with E-state index in [1.54, 1.807) is 6.07 Å². The first-order chi connectivity index (χ1) is 12.5. The Bertz CT molecular complexity index is 957. The number of hydrazone groups is 1. The lowest BCUT2D eigenvalue weighted by Gasteiger charge is -2.07. The molecule has 6 N–H and O–H groups in total. The molecule has 2 aromatic rings. The molecule has 0 unspecified atom stereocenters. The van der Waals surface area contributed by atoms with Crippen molar-refractivity contribution in [1.82, 2.24) is 4.72 Å². The van der Waals surface area contributed by atoms with Gasteiger partial charge in [0.15, 0.2) is 0 Å². The van der Waals surface area contributed by atoms with Crippen LogP contribution in [0, 0.1) is 0 Å². The fourth-order valence-corrected chi connectivity index (χ4v) is 4.00. The number of hydrogen-bond donors (Lipinski definition) is 5. The third-order valence-electron chi connectivity index (χ3n) is 4.10. The van der Waals surface area contributed by atoms with Crippen LogP contribution in [0.1, 0.15) is 11.1 Å². The summed E-state index contributed by atoms with van der Waals surface area (Å²) in [6.45, 7) is 0.0864. The van der Waals surface area contributed by atoms with Crippen molar-refractivity contribution >= 4 is 21.4 Å². The average Bonchev–Trinajstić information content (AvgIpc) is 2.96. The Hall–Kier alpha value is -2.46. The van der Waals surface area contributed by atoms with E-state index < -0.39 is 10.0 Å². The molecule has 138 valence electrons. The van der Waals surface area contributed by atoms with Crippen molar-refractivity contribution in [1.29, 1.82) is 0 Å². The Balaban J connectivity index is 2.03. The molecule has 0 heterocycles. The van der Waals surface area contributed by atoms with Crippen molar-refractivity contribution in [2.24, 2.45) is 10.9 Å². The lowest BCUT2D eigenvalue weighted by molar-refractivity contribution is 0.301. The molecule has 1 aliphatic rings. The van der Waals surface area contributed by atoms with E-state index in [1.165, 1.54) is 12.1 Å². The minimum atomic E-state index is -3.73. The van der Waals surface area contributed by atoms with Gasteiger partial charge in [-0.3, -0.25) is 0 Å². The summed E-state index contributed by atoms with van der Waals surface area (Å²) in [5, 5.41) is 24.7. The highest BCUT2D eigenvalue weighted by atomic mass is 32.2. The number of hydrogen-bond acceptors (Lipinski definition) is 7. The summed E-state index contributed by atoms with van der Waals surface area (Å²) in [6, 6.07) is 10.4. The molecule has 0 atom stereocenters. The number of nitrogens with zero attached hydrogens (tertiary/aromatic N) is 1. The highest BCUT2D eigenvalue weighted by Crippen LogP contribution is 2.39. The Morgan fingerprint density at radius 3 is 2.23 bits per heavy atom. The number of sulfonamides is 1. The molecule has 26 heavy (non-hydrogen) atoms. The van der Waals surface area contributed by atoms with E-state index >= 15 is 0 Å². The van der Waals surface area contributed by atoms with Gasteiger partial charge >= 0.3 is 0 Å². The number of benzene rings is 2. The zero-order valence-corrected chi connectivity index (χ0v) is 14.8. The van der Waals surface area contributed by atoms with Gasteiger partial charge in [0.1, 0.15) is 0 Å². The fraction of sp³-hybridized carbons (Fsp3) is 0.235. The first-order valence-electron chi connectivity index (χ1n) is 8.04. The van der Waals surface area contributed by atoms with Crippen LogP contribution in [0.2, 0.25) is 0 Å². The third-order valence-corrected chi connectivity index (χ3v) is 5.55. The fourth-order valence-electron chi connectivity index (χ4n) is 2.95. The van der Waals surface area contributed by atoms with Gasteiger partial charge in [-0.25, -0.2) is 13.1 Å². The molecule has 0 radical (unpaired) electrons. The van der Waals surface area contributed by atoms with Crippen LogP contribution in [0.15, 0.2) is 46.4 Å². The third kappa shape index (κ3) is 3.29. The summed E-state index contributed by atoms with van der Waals surface area (Å²) >= 11 is 0. The van der Waals surface area contributed by atoms with Crippen LogP contribution in [0.3, 0.4) is 0 Å². The van der Waals surface area contributed by atoms with E-state index in [-0.39, 0.29) is 24.7 Å². The maximum Gasteiger partial charge on any atom is 0.240 e. The summed E-state index contributed by atoms with van der Waals surface area (Å²) in [5.74, 6) is 5.58. The molecule has 0 saturated carbocycles. The van der Waals surface area contributed by atoms with Crippen molar-refractivity contribution in [3.05, 3.63) is 47.5 Å². The molecule has 1 aliphatic carbocycles. The highest BCUT2D eigenvalue weighted by molar-refractivity contribution is 7.89. The van der Waals surface area contributed by atoms with Crippen LogP contribution in [0.4, 0.5) is 5.69 Å². The van der Waals surface area contributed by atoms with Gasteiger partial charge in [0.2, 0.25) is 10.0 Å². The van der Waals surface area contributed by atoms with Crippen LogP contribution in [0.25, 0.3) is 11.1 Å². The second kappa shape index (κ2) is 7.42. The zero-order valence-electron chi connectivity index (χ0n) is 13.9. The van der Waals surface area contributed by atoms with Crippen LogP contribution < -0.4 is 15.9 Å². The van der Waals surface area contributed by atoms with Crippen molar-refractivity contribution < 1.29 is 18.6 Å². The normalized spacial score (nSPS) is 14.3. The molecule has 8 nitrogen and oxygen atoms in total. The van der Waals surface area contributed by atoms with Crippen molar-refractivity contribution in [2.75, 3.05) is 31.6 Å². The highest BCUT2D eigenvalue weighted by Gasteiger charge is 2.27. The molecule has 0 aromatic heterocycles. The van der Waals surface area contributed by atoms with E-state index in [2.05, 4.69) is 15.1 Å². The van der Waals surface area contributed by atoms with E-state index in [9.17, 15) is 8.42 Å². The summed E-state index contributed by atoms with van der Waals surface area (Å²) in [7, 11) is -3.73. The number of aliphatic hydroxyl groups is 2. The van der Waals surface area contributed by atoms with Crippen LogP contribution in [0.5, 0.6) is 0 Å². The van der Waals surface area contributed by atoms with Gasteiger partial charge < -0.3 is 21.4 Å². The van der Waals surface area contributed by atoms with Gasteiger partial charge in [-0.2, -0.15) is 5.10 Å². The number of nitrogens with two attached hydrogens (primary N) is 1. The quantitative estimate of drug-likeness (QED) is 0.292. The van der Waals surface area contributed by atoms with E-state index in [1.807, 2.05) is 18.2 Å². The minimum absolute atomic E-state index is 0.0111. The molecule has 2 aromatic carbocycles. The molecular formula is C17H20N4O4S. The first-order valence-corrected chi connectivity index (χ1v) is 9.52. The Labute approximate surface area is 151 Å². The number of aliphatic hydroxyl groups excluding tert-OH is 2. The van der Waals surface area contributed by atoms with E-state index in [0.717, 1.165) is 22.4 Å². The Morgan fingerprint density at radius 2 is 1.58 bits per heavy atom. The number of anilines is 1. The standard InChI is InChI=1S/C17H20N4O4S/c18-21-17-15-9-11(19-5-7-22)1-3-13(15)14-4-2-12(10-16(14)17)26(24,25)20-6-8-23/h1-4,9-10,19-20,22-23H,5-8,18H2. The number of rotatable bonds is 7. The monoisotopic (exact) mass is 376 g/mol. The number of fused-ring (bicyclic) bond motifs is 3. The molecule has 0 saturated heterocycles. The Morgan fingerprint density at radius 1 is 0.923 bits per heavy atom. The van der Waals surface area contributed by atoms with Gasteiger partial charge in [-0.15, -0.1) is 0 Å². The summed E-state index contributed by atoms with van der Waals surface area (Å²) < 4.78 is 26.9. The molecule has 0 fully saturated rings. The molecule has 9 heteroatoms. The smallest absolute Gasteiger partial charge is 0.240 e. The van der Waals surface area contributed by atoms with Crippen LogP contribution in [-0.4, -0.2) is 50.6 Å². The van der Waals surface area contributed by atoms with E-state index in [4.69, 9.17) is 16.1 Å². The summed E-state index contributed by atoms with van der Waals surface area (Å²) in [5.41, 5.74) is 4.49. The predicted octanol–water partition coefficient (Wildman–Crippen LogP) is 0.0529. The van der Waals surface area contributed by atoms with Gasteiger partial charge in [-0.05, 0) is 35.4 Å². The molecule has 0 bridgehead atoms. The second-order valence-electron chi connectivity index (χ2n) is 5.72. The SMILES string of the molecule is NN=C1c2cc(NCCO)ccc2-c2ccc(S(=O)(=O)NCCO)cc21. The van der Waals surface area contributed by atoms with Crippen molar-refractivity contribution in [2.45, 2.75) is 4.90 Å². The lowest BCUT2D eigenvalue weighted by atomic mass is 10.1. The molecule has 0 spiro atoms. The lowest BCUT2D eigenvalue weighted by Crippen LogP contribution is -2.26. The van der Waals surface area contributed by atoms with Gasteiger partial charge in [0, 0.05) is 29.9 Å². The van der Waals surface area contributed by atoms with Gasteiger partial charge in [-0.1, -0.05) is 12.1 Å². The Kier molecular flexibility index (Phi) is 5.23. The van der Waals surface area contributed by atoms with Crippen LogP contribution >= 0.6 is 0 Å². The van der Waals surface area contributed by atoms with E-state index in [0.29, 0.717) is 17.8 Å². The predicted molar refractivity (Wildman–Crippen MR) is 99.6 cm³/mol. The largest absolute Gasteiger partial charge is 0.395 e. The topological polar surface area (TPSA) is 137 Å². The van der Waals surface area contributed by atoms with Crippen LogP contribution in [-0.2, 0) is 10.0 Å². The zero-order chi connectivity index (χ0) is 18.7. The molecule has 0 amide bonds. The van der Waals surface area contributed by atoms with Crippen molar-refractivity contribution in [3.63, 3.8) is 0 Å². The maximum absolute atomic E-state index is 12.3. The molecule has 0 aliphatic heterocycles. The first kappa shape index (κ1) is 18.3. The van der Waals surface area contributed by atoms with Crippen molar-refractivity contribution in [3.8, 4) is 11.1 Å². The average molecular weight is 376 g/mol. The maximum atomic E-state index is 12.3. The summed E-state index contributed by atoms with van der Waals surface area (Å²) in [6.07, 6.45) is 0. The molecular weight excluding hydrogens is 356 g/mol. The van der Waals surface area contributed by atoms with Gasteiger partial charge in [0.05, 0.1) is 23.8 Å². The summed E-state index contributed by atoms with van der Waals surface area (Å²) in [4.78, 5) is 0.0808. The second-order valence-corrected chi connectivity index (χ2v) is 7.48. The number of nitrogens with one attached hydrogen (secondary N) is 2. The minimum Gasteiger partial charge on any atom is -0.395 e. The molecule has 3 rings (SSSR count).